The number of thiazole rings is 1. The molecular weight excluding hydrogens is 1020 g/mol. The van der Waals surface area contributed by atoms with Crippen LogP contribution in [0.3, 0.4) is 0 Å². The number of nitrogens with one attached hydrogen (secondary N) is 3. The van der Waals surface area contributed by atoms with Crippen molar-refractivity contribution in [1.29, 1.82) is 0 Å². The zero-order valence-corrected chi connectivity index (χ0v) is 46.0. The summed E-state index contributed by atoms with van der Waals surface area (Å²) in [5.41, 5.74) is 8.62. The van der Waals surface area contributed by atoms with Crippen LogP contribution in [0.1, 0.15) is 103 Å². The molecule has 6 aromatic rings. The molecule has 3 aromatic heterocycles. The number of aliphatic imine (C=N–C) groups is 1. The van der Waals surface area contributed by atoms with Gasteiger partial charge in [-0.2, -0.15) is 0 Å². The number of likely N-dealkylation sites (tertiary alicyclic amines) is 1. The van der Waals surface area contributed by atoms with Gasteiger partial charge in [-0.05, 0) is 104 Å². The molecule has 1 saturated heterocycles. The van der Waals surface area contributed by atoms with E-state index in [0.717, 1.165) is 65.4 Å². The maximum Gasteiger partial charge on any atom is 0.246 e. The van der Waals surface area contributed by atoms with Gasteiger partial charge in [0, 0.05) is 40.5 Å². The maximum atomic E-state index is 14.0. The van der Waals surface area contributed by atoms with E-state index >= 15 is 0 Å². The monoisotopic (exact) mass is 1080 g/mol. The predicted octanol–water partition coefficient (Wildman–Crippen LogP) is 7.71. The van der Waals surface area contributed by atoms with Gasteiger partial charge in [-0.15, -0.1) is 32.9 Å². The first-order chi connectivity index (χ1) is 36.4. The quantitative estimate of drug-likeness (QED) is 0.0550. The molecule has 2 aliphatic heterocycles. The van der Waals surface area contributed by atoms with Gasteiger partial charge in [0.15, 0.2) is 5.82 Å². The third-order valence-electron chi connectivity index (χ3n) is 13.2. The molecule has 4 amide bonds. The number of amides is 4. The molecule has 5 heterocycles. The number of rotatable bonds is 16. The van der Waals surface area contributed by atoms with Crippen molar-refractivity contribution in [2.24, 2.45) is 10.4 Å². The van der Waals surface area contributed by atoms with E-state index in [0.29, 0.717) is 16.6 Å². The zero-order valence-electron chi connectivity index (χ0n) is 43.6. The van der Waals surface area contributed by atoms with Gasteiger partial charge in [-0.3, -0.25) is 28.7 Å². The minimum absolute atomic E-state index is 0.0375. The number of hydrogen-bond donors (Lipinski definition) is 4. The molecule has 0 aliphatic carbocycles. The highest BCUT2D eigenvalue weighted by Crippen LogP contribution is 2.40. The highest BCUT2D eigenvalue weighted by molar-refractivity contribution is 7.15. The van der Waals surface area contributed by atoms with Crippen LogP contribution in [0, 0.1) is 56.8 Å². The van der Waals surface area contributed by atoms with Crippen molar-refractivity contribution >= 4 is 63.6 Å². The lowest BCUT2D eigenvalue weighted by Gasteiger charge is -2.35. The molecule has 76 heavy (non-hydrogen) atoms. The van der Waals surface area contributed by atoms with Gasteiger partial charge >= 0.3 is 0 Å². The fourth-order valence-corrected chi connectivity index (χ4v) is 11.2. The maximum absolute atomic E-state index is 14.0. The van der Waals surface area contributed by atoms with Crippen molar-refractivity contribution < 1.29 is 33.8 Å². The summed E-state index contributed by atoms with van der Waals surface area (Å²) in [6, 6.07) is 20.0. The Kier molecular flexibility index (Phi) is 17.5. The smallest absolute Gasteiger partial charge is 0.246 e. The van der Waals surface area contributed by atoms with Crippen molar-refractivity contribution in [2.45, 2.75) is 105 Å². The van der Waals surface area contributed by atoms with Gasteiger partial charge < -0.3 is 35.4 Å². The van der Waals surface area contributed by atoms with Crippen molar-refractivity contribution in [3.63, 3.8) is 0 Å². The molecule has 0 spiro atoms. The minimum Gasteiger partial charge on any atom is -0.481 e. The minimum atomic E-state index is -1.00. The molecule has 16 nitrogen and oxygen atoms in total. The van der Waals surface area contributed by atoms with Crippen LogP contribution in [0.25, 0.3) is 15.4 Å². The molecule has 0 bridgehead atoms. The van der Waals surface area contributed by atoms with Crippen LogP contribution in [0.15, 0.2) is 83.3 Å². The first-order valence-electron chi connectivity index (χ1n) is 24.8. The van der Waals surface area contributed by atoms with Crippen LogP contribution in [0.2, 0.25) is 5.02 Å². The van der Waals surface area contributed by atoms with Gasteiger partial charge in [0.2, 0.25) is 23.6 Å². The molecule has 0 saturated carbocycles. The summed E-state index contributed by atoms with van der Waals surface area (Å²) in [6.45, 7) is 15.2. The van der Waals surface area contributed by atoms with E-state index < -0.39 is 41.5 Å². The van der Waals surface area contributed by atoms with Crippen LogP contribution in [0.5, 0.6) is 5.75 Å². The summed E-state index contributed by atoms with van der Waals surface area (Å²) in [4.78, 5) is 67.3. The molecule has 394 valence electrons. The number of aliphatic hydroxyl groups is 1. The van der Waals surface area contributed by atoms with Gasteiger partial charge in [0.25, 0.3) is 0 Å². The Bertz CT molecular complexity index is 3260. The van der Waals surface area contributed by atoms with E-state index in [1.54, 1.807) is 40.3 Å². The van der Waals surface area contributed by atoms with E-state index in [9.17, 15) is 24.3 Å². The molecule has 0 radical (unpaired) electrons. The average molecular weight is 1080 g/mol. The second-order valence-electron chi connectivity index (χ2n) is 19.8. The van der Waals surface area contributed by atoms with Crippen LogP contribution in [0.4, 0.5) is 0 Å². The summed E-state index contributed by atoms with van der Waals surface area (Å²) in [5, 5.41) is 29.9. The Morgan fingerprint density at radius 2 is 1.59 bits per heavy atom. The second kappa shape index (κ2) is 24.2. The Hall–Kier alpha value is -7.19. The molecule has 8 rings (SSSR count). The average Bonchev–Trinajstić information content (AvgIpc) is 4.16. The van der Waals surface area contributed by atoms with Gasteiger partial charge in [-0.25, -0.2) is 4.98 Å². The van der Waals surface area contributed by atoms with Crippen LogP contribution >= 0.6 is 34.3 Å². The first-order valence-corrected chi connectivity index (χ1v) is 26.9. The lowest BCUT2D eigenvalue weighted by Crippen LogP contribution is -2.58. The van der Waals surface area contributed by atoms with Crippen LogP contribution in [-0.2, 0) is 30.5 Å². The summed E-state index contributed by atoms with van der Waals surface area (Å²) in [6.07, 6.45) is -0.757. The number of aromatic nitrogens is 4. The highest BCUT2D eigenvalue weighted by atomic mass is 35.5. The standard InChI is InChI=1S/C57H60ClN9O7S2/c1-33-36(4)76-56-49(33)50(40-17-21-42(58)22-18-40)62-45(53-65-64-37(5)67(53)56)28-47(69)61-34(2)39-19-23-44(24-20-39)74-26-12-10-9-11-25-73-31-48(70)63-52(57(6,7)8)55(72)66-30-43(68)27-46(66)54(71)59-29-38-13-15-41(16-14-38)51-35(3)60-32-75-51/h13-24,32,34,43,45-46,52,68H,25-31H2,1-8H3,(H,59,71)(H,61,69)(H,63,70)/t34-,43-,45+,46+,52?/m1/s1. The Morgan fingerprint density at radius 1 is 0.895 bits per heavy atom. The van der Waals surface area contributed by atoms with Gasteiger partial charge in [-0.1, -0.05) is 86.8 Å². The fraction of sp³-hybridized carbons (Fsp3) is 0.368. The number of benzene rings is 3. The number of ether oxygens (including phenoxy) is 2. The number of aliphatic hydroxyl groups excluding tert-OH is 1. The van der Waals surface area contributed by atoms with Crippen molar-refractivity contribution in [2.75, 3.05) is 26.4 Å². The Morgan fingerprint density at radius 3 is 2.28 bits per heavy atom. The first kappa shape index (κ1) is 55.1. The summed E-state index contributed by atoms with van der Waals surface area (Å²) >= 11 is 9.48. The fourth-order valence-electron chi connectivity index (χ4n) is 9.00. The third-order valence-corrected chi connectivity index (χ3v) is 15.6. The molecule has 4 N–H and O–H groups in total. The van der Waals surface area contributed by atoms with Gasteiger partial charge in [0.05, 0.1) is 40.4 Å². The molecule has 3 aromatic carbocycles. The third kappa shape index (κ3) is 13.1. The number of aryl methyl sites for hydroxylation is 3. The van der Waals surface area contributed by atoms with Crippen molar-refractivity contribution in [3.8, 4) is 44.9 Å². The van der Waals surface area contributed by atoms with E-state index in [-0.39, 0.29) is 63.6 Å². The number of halogens is 1. The zero-order chi connectivity index (χ0) is 54.3. The molecule has 1 fully saturated rings. The topological polar surface area (TPSA) is 202 Å². The number of hydrogen-bond acceptors (Lipinski definition) is 13. The summed E-state index contributed by atoms with van der Waals surface area (Å²) < 4.78 is 13.3. The van der Waals surface area contributed by atoms with Gasteiger partial charge in [0.1, 0.15) is 54.5 Å². The number of thiophene rings is 1. The SMILES string of the molecule is Cc1ncsc1-c1ccc(CNC(=O)[C@@H]2C[C@@H](O)CN2C(=O)C(NC(=O)COCC#CC#CCOc2ccc([C@@H](C)NC(=O)C[C@@H]3N=C(c4ccc(Cl)cc4)c4c(sc(C)c4C)-n4c(C)nnc43)cc2)C(C)(C)C)cc1. The normalized spacial score (nSPS) is 16.6. The van der Waals surface area contributed by atoms with E-state index in [1.165, 1.54) is 4.90 Å². The van der Waals surface area contributed by atoms with Crippen molar-refractivity contribution in [1.82, 2.24) is 40.6 Å². The van der Waals surface area contributed by atoms with Crippen molar-refractivity contribution in [3.05, 3.63) is 133 Å². The summed E-state index contributed by atoms with van der Waals surface area (Å²) in [7, 11) is 0. The number of carbonyl (C=O) groups excluding carboxylic acids is 4. The van der Waals surface area contributed by atoms with Crippen LogP contribution in [-0.4, -0.2) is 104 Å². The molecule has 1 unspecified atom stereocenters. The number of fused-ring (bicyclic) bond motifs is 3. The molecule has 2 aliphatic rings. The summed E-state index contributed by atoms with van der Waals surface area (Å²) in [5.74, 6) is 11.3. The largest absolute Gasteiger partial charge is 0.481 e. The molecular formula is C57H60ClN9O7S2. The number of nitrogens with zero attached hydrogens (tertiary/aromatic N) is 6. The van der Waals surface area contributed by atoms with Crippen LogP contribution < -0.4 is 20.7 Å². The van der Waals surface area contributed by atoms with E-state index in [4.69, 9.17) is 26.1 Å². The number of β-amino-alcohol motifs (C(OH)–C–C–N with tert-alkyl or cyclic N) is 1. The lowest BCUT2D eigenvalue weighted by molar-refractivity contribution is -0.144. The Labute approximate surface area is 455 Å². The second-order valence-corrected chi connectivity index (χ2v) is 22.3. The lowest BCUT2D eigenvalue weighted by atomic mass is 9.85. The molecule has 5 atom stereocenters. The number of carbonyl (C=O) groups is 4. The van der Waals surface area contributed by atoms with E-state index in [1.807, 2.05) is 107 Å². The Balaban J connectivity index is 0.773. The molecule has 19 heteroatoms. The predicted molar refractivity (Wildman–Crippen MR) is 294 cm³/mol. The van der Waals surface area contributed by atoms with E-state index in [2.05, 4.69) is 68.7 Å². The highest BCUT2D eigenvalue weighted by Gasteiger charge is 2.44.